The second-order valence-corrected chi connectivity index (χ2v) is 8.66. The number of halogens is 12. The van der Waals surface area contributed by atoms with E-state index in [1.54, 1.807) is 0 Å². The molecule has 0 aliphatic rings. The van der Waals surface area contributed by atoms with Crippen molar-refractivity contribution in [3.05, 3.63) is 58.7 Å². The van der Waals surface area contributed by atoms with E-state index in [1.807, 2.05) is 0 Å². The molecule has 158 valence electrons. The van der Waals surface area contributed by atoms with Gasteiger partial charge in [-0.1, -0.05) is 0 Å². The van der Waals surface area contributed by atoms with Crippen LogP contribution < -0.4 is 8.79 Å². The van der Waals surface area contributed by atoms with Gasteiger partial charge in [0.05, 0.1) is 0 Å². The monoisotopic (exact) mass is 500 g/mol. The van der Waals surface area contributed by atoms with Crippen molar-refractivity contribution in [2.24, 2.45) is 0 Å². The van der Waals surface area contributed by atoms with Gasteiger partial charge in [-0.3, -0.25) is 0 Å². The summed E-state index contributed by atoms with van der Waals surface area (Å²) in [6, 6.07) is 0.822. The van der Waals surface area contributed by atoms with Crippen LogP contribution >= 0.6 is 0 Å². The Kier molecular flexibility index (Phi) is 6.01. The van der Waals surface area contributed by atoms with Crippen LogP contribution in [-0.2, 0) is 24.7 Å². The van der Waals surface area contributed by atoms with Crippen LogP contribution in [0.15, 0.2) is 36.4 Å². The molecule has 2 rings (SSSR count). The van der Waals surface area contributed by atoms with Crippen molar-refractivity contribution < 1.29 is 52.7 Å². The number of benzene rings is 2. The molecule has 0 atom stereocenters. The Hall–Kier alpha value is -1.86. The van der Waals surface area contributed by atoms with E-state index in [-0.39, 0.29) is 12.1 Å². The number of hydrogen-bond acceptors (Lipinski definition) is 0. The molecular weight excluding hydrogens is 493 g/mol. The molecule has 0 spiro atoms. The first-order valence-electron chi connectivity index (χ1n) is 7.23. The van der Waals surface area contributed by atoms with E-state index in [1.165, 1.54) is 0 Å². The van der Waals surface area contributed by atoms with Crippen molar-refractivity contribution in [3.8, 4) is 0 Å². The fraction of sp³-hybridized carbons (Fsp3) is 0.250. The van der Waals surface area contributed by atoms with Crippen LogP contribution in [0, 0.1) is 0 Å². The molecule has 13 heteroatoms. The van der Waals surface area contributed by atoms with Gasteiger partial charge in [-0.25, -0.2) is 0 Å². The molecule has 0 aliphatic heterocycles. The van der Waals surface area contributed by atoms with Gasteiger partial charge in [-0.15, -0.1) is 0 Å². The van der Waals surface area contributed by atoms with Crippen LogP contribution in [0.2, 0.25) is 0 Å². The first-order chi connectivity index (χ1) is 12.9. The van der Waals surface area contributed by atoms with E-state index in [0.717, 1.165) is 0 Å². The van der Waals surface area contributed by atoms with E-state index in [9.17, 15) is 52.7 Å². The summed E-state index contributed by atoms with van der Waals surface area (Å²) in [6.07, 6.45) is -20.7. The predicted molar refractivity (Wildman–Crippen MR) is 77.9 cm³/mol. The summed E-state index contributed by atoms with van der Waals surface area (Å²) in [7, 11) is 0. The third-order valence-corrected chi connectivity index (χ3v) is 5.89. The molecule has 0 aliphatic carbocycles. The minimum atomic E-state index is -5.19. The molecular formula is C16H6F12Ge. The summed E-state index contributed by atoms with van der Waals surface area (Å²) in [5, 5.41) is 0. The quantitative estimate of drug-likeness (QED) is 0.383. The standard InChI is InChI=1S/C16H6F12Ge/c17-13(18,19)7-1-8(14(20,21)22)4-11(3-7)29-12-5-9(15(23,24)25)2-10(6-12)16(26,27)28/h1-6H. The summed E-state index contributed by atoms with van der Waals surface area (Å²) in [6.45, 7) is 0. The average Bonchev–Trinajstić information content (AvgIpc) is 2.51. The zero-order chi connectivity index (χ0) is 22.4. The van der Waals surface area contributed by atoms with Crippen molar-refractivity contribution in [3.63, 3.8) is 0 Å². The first-order valence-corrected chi connectivity index (χ1v) is 9.33. The Balaban J connectivity index is 2.61. The zero-order valence-corrected chi connectivity index (χ0v) is 15.6. The van der Waals surface area contributed by atoms with E-state index < -0.39 is 71.2 Å². The number of hydrogen-bond donors (Lipinski definition) is 0. The maximum absolute atomic E-state index is 12.9. The van der Waals surface area contributed by atoms with Crippen molar-refractivity contribution in [1.82, 2.24) is 0 Å². The molecule has 0 saturated carbocycles. The average molecular weight is 499 g/mol. The SMILES string of the molecule is FC(F)(F)c1c[c]([Ge][c]2cc(C(F)(F)F)cc(C(F)(F)F)c2)cc(C(F)(F)F)c1. The van der Waals surface area contributed by atoms with Crippen LogP contribution in [0.25, 0.3) is 0 Å². The Morgan fingerprint density at radius 2 is 0.586 bits per heavy atom. The molecule has 29 heavy (non-hydrogen) atoms. The van der Waals surface area contributed by atoms with E-state index in [0.29, 0.717) is 24.3 Å². The number of rotatable bonds is 2. The van der Waals surface area contributed by atoms with Crippen LogP contribution in [0.4, 0.5) is 52.7 Å². The molecule has 2 aromatic rings. The van der Waals surface area contributed by atoms with Crippen molar-refractivity contribution in [2.75, 3.05) is 0 Å². The molecule has 0 aromatic heterocycles. The molecule has 0 saturated heterocycles. The summed E-state index contributed by atoms with van der Waals surface area (Å²) in [4.78, 5) is 0. The Morgan fingerprint density at radius 3 is 0.759 bits per heavy atom. The van der Waals surface area contributed by atoms with Gasteiger partial charge < -0.3 is 0 Å². The summed E-state index contributed by atoms with van der Waals surface area (Å²) in [5.74, 6) is 0. The molecule has 0 bridgehead atoms. The Morgan fingerprint density at radius 1 is 0.379 bits per heavy atom. The number of alkyl halides is 12. The summed E-state index contributed by atoms with van der Waals surface area (Å²) >= 11 is -2.40. The second-order valence-electron chi connectivity index (χ2n) is 5.71. The predicted octanol–water partition coefficient (Wildman–Crippen LogP) is 5.42. The summed E-state index contributed by atoms with van der Waals surface area (Å²) in [5.41, 5.74) is -6.80. The van der Waals surface area contributed by atoms with E-state index >= 15 is 0 Å². The maximum atomic E-state index is 12.9. The van der Waals surface area contributed by atoms with Crippen LogP contribution in [0.1, 0.15) is 22.3 Å². The molecule has 2 aromatic carbocycles. The van der Waals surface area contributed by atoms with Gasteiger partial charge >= 0.3 is 160 Å². The summed E-state index contributed by atoms with van der Waals surface area (Å²) < 4.78 is 153. The molecule has 0 fully saturated rings. The Labute approximate surface area is 161 Å². The van der Waals surface area contributed by atoms with Gasteiger partial charge in [0.25, 0.3) is 0 Å². The van der Waals surface area contributed by atoms with Gasteiger partial charge in [0, 0.05) is 0 Å². The van der Waals surface area contributed by atoms with E-state index in [2.05, 4.69) is 0 Å². The Bertz CT molecular complexity index is 749. The minimum absolute atomic E-state index is 0.178. The fourth-order valence-corrected chi connectivity index (χ4v) is 4.83. The van der Waals surface area contributed by atoms with Crippen molar-refractivity contribution in [1.29, 1.82) is 0 Å². The first kappa shape index (κ1) is 23.4. The second kappa shape index (κ2) is 7.44. The molecule has 0 heterocycles. The molecule has 0 unspecified atom stereocenters. The third kappa shape index (κ3) is 6.06. The van der Waals surface area contributed by atoms with Gasteiger partial charge in [-0.2, -0.15) is 0 Å². The van der Waals surface area contributed by atoms with Crippen molar-refractivity contribution in [2.45, 2.75) is 24.7 Å². The topological polar surface area (TPSA) is 0 Å². The van der Waals surface area contributed by atoms with Gasteiger partial charge in [0.15, 0.2) is 0 Å². The van der Waals surface area contributed by atoms with Gasteiger partial charge in [0.2, 0.25) is 0 Å². The molecule has 0 N–H and O–H groups in total. The van der Waals surface area contributed by atoms with Crippen LogP contribution in [0.5, 0.6) is 0 Å². The molecule has 0 amide bonds. The molecule has 0 nitrogen and oxygen atoms in total. The van der Waals surface area contributed by atoms with Gasteiger partial charge in [0.1, 0.15) is 0 Å². The zero-order valence-electron chi connectivity index (χ0n) is 13.5. The van der Waals surface area contributed by atoms with Crippen LogP contribution in [-0.4, -0.2) is 15.4 Å². The van der Waals surface area contributed by atoms with Crippen LogP contribution in [0.3, 0.4) is 0 Å². The third-order valence-electron chi connectivity index (χ3n) is 3.46. The normalized spacial score (nSPS) is 13.7. The van der Waals surface area contributed by atoms with Gasteiger partial charge in [-0.05, 0) is 0 Å². The fourth-order valence-electron chi connectivity index (χ4n) is 2.22. The molecule has 2 radical (unpaired) electrons. The van der Waals surface area contributed by atoms with Crippen molar-refractivity contribution >= 4 is 24.2 Å². The van der Waals surface area contributed by atoms with E-state index in [4.69, 9.17) is 0 Å².